The minimum Gasteiger partial charge on any atom is -0.366 e. The van der Waals surface area contributed by atoms with Crippen molar-refractivity contribution in [3.63, 3.8) is 0 Å². The Kier molecular flexibility index (Phi) is 4.69. The first-order chi connectivity index (χ1) is 5.57. The fraction of sp³-hybridized carbons (Fsp3) is 0.333. The standard InChI is InChI=1S/C9H13NO2/c1-3-8(11)6-4-5-7(2)9(10)12/h3,5H,1,4,6H2,2H3,(H2,10,12). The molecule has 0 spiro atoms. The van der Waals surface area contributed by atoms with Crippen molar-refractivity contribution in [2.24, 2.45) is 5.73 Å². The normalized spacial score (nSPS) is 10.9. The van der Waals surface area contributed by atoms with Gasteiger partial charge in [-0.3, -0.25) is 9.59 Å². The van der Waals surface area contributed by atoms with Crippen LogP contribution in [-0.4, -0.2) is 11.7 Å². The molecule has 0 aromatic rings. The predicted molar refractivity (Wildman–Crippen MR) is 47.4 cm³/mol. The van der Waals surface area contributed by atoms with Crippen molar-refractivity contribution in [3.8, 4) is 0 Å². The molecule has 0 atom stereocenters. The maximum atomic E-state index is 10.7. The van der Waals surface area contributed by atoms with Crippen molar-refractivity contribution < 1.29 is 9.59 Å². The third-order valence-electron chi connectivity index (χ3n) is 1.46. The molecule has 0 aromatic carbocycles. The van der Waals surface area contributed by atoms with Crippen molar-refractivity contribution in [2.45, 2.75) is 19.8 Å². The molecular formula is C9H13NO2. The Morgan fingerprint density at radius 3 is 2.50 bits per heavy atom. The fourth-order valence-corrected chi connectivity index (χ4v) is 0.634. The van der Waals surface area contributed by atoms with Crippen molar-refractivity contribution in [3.05, 3.63) is 24.3 Å². The van der Waals surface area contributed by atoms with Crippen molar-refractivity contribution >= 4 is 11.7 Å². The number of rotatable bonds is 5. The topological polar surface area (TPSA) is 60.2 Å². The monoisotopic (exact) mass is 167 g/mol. The van der Waals surface area contributed by atoms with Gasteiger partial charge in [0, 0.05) is 12.0 Å². The van der Waals surface area contributed by atoms with Gasteiger partial charge in [0.2, 0.25) is 5.91 Å². The molecule has 0 aromatic heterocycles. The number of allylic oxidation sites excluding steroid dienone is 2. The Balaban J connectivity index is 3.82. The van der Waals surface area contributed by atoms with E-state index in [1.54, 1.807) is 13.0 Å². The van der Waals surface area contributed by atoms with Gasteiger partial charge in [0.15, 0.2) is 5.78 Å². The number of ketones is 1. The van der Waals surface area contributed by atoms with E-state index in [2.05, 4.69) is 6.58 Å². The van der Waals surface area contributed by atoms with Crippen LogP contribution in [-0.2, 0) is 9.59 Å². The van der Waals surface area contributed by atoms with Gasteiger partial charge in [0.25, 0.3) is 0 Å². The molecule has 0 fully saturated rings. The van der Waals surface area contributed by atoms with E-state index in [4.69, 9.17) is 5.73 Å². The number of amides is 1. The maximum Gasteiger partial charge on any atom is 0.244 e. The molecule has 0 aliphatic carbocycles. The zero-order valence-corrected chi connectivity index (χ0v) is 7.17. The Hall–Kier alpha value is -1.38. The van der Waals surface area contributed by atoms with E-state index in [1.807, 2.05) is 0 Å². The van der Waals surface area contributed by atoms with E-state index >= 15 is 0 Å². The Morgan fingerprint density at radius 1 is 1.50 bits per heavy atom. The molecule has 3 nitrogen and oxygen atoms in total. The highest BCUT2D eigenvalue weighted by molar-refractivity contribution is 5.91. The summed E-state index contributed by atoms with van der Waals surface area (Å²) in [5, 5.41) is 0. The van der Waals surface area contributed by atoms with Crippen LogP contribution in [0.4, 0.5) is 0 Å². The van der Waals surface area contributed by atoms with E-state index in [0.29, 0.717) is 18.4 Å². The molecule has 0 heterocycles. The number of carbonyl (C=O) groups is 2. The Labute approximate surface area is 71.9 Å². The summed E-state index contributed by atoms with van der Waals surface area (Å²) in [5.74, 6) is -0.468. The van der Waals surface area contributed by atoms with Crippen LogP contribution < -0.4 is 5.73 Å². The van der Waals surface area contributed by atoms with Gasteiger partial charge >= 0.3 is 0 Å². The first-order valence-electron chi connectivity index (χ1n) is 3.69. The number of nitrogens with two attached hydrogens (primary N) is 1. The molecule has 1 amide bonds. The summed E-state index contributed by atoms with van der Waals surface area (Å²) in [6.45, 7) is 4.96. The summed E-state index contributed by atoms with van der Waals surface area (Å²) in [7, 11) is 0. The molecule has 66 valence electrons. The van der Waals surface area contributed by atoms with Gasteiger partial charge in [0.1, 0.15) is 0 Å². The van der Waals surface area contributed by atoms with Crippen LogP contribution in [0.25, 0.3) is 0 Å². The largest absolute Gasteiger partial charge is 0.366 e. The van der Waals surface area contributed by atoms with E-state index in [0.717, 1.165) is 0 Å². The van der Waals surface area contributed by atoms with Crippen molar-refractivity contribution in [1.29, 1.82) is 0 Å². The number of hydrogen-bond acceptors (Lipinski definition) is 2. The second kappa shape index (κ2) is 5.29. The SMILES string of the molecule is C=CC(=O)CCC=C(C)C(N)=O. The van der Waals surface area contributed by atoms with Gasteiger partial charge < -0.3 is 5.73 Å². The molecular weight excluding hydrogens is 154 g/mol. The summed E-state index contributed by atoms with van der Waals surface area (Å²) in [4.78, 5) is 21.2. The molecule has 0 aliphatic rings. The smallest absolute Gasteiger partial charge is 0.244 e. The molecule has 0 saturated heterocycles. The van der Waals surface area contributed by atoms with Gasteiger partial charge in [-0.1, -0.05) is 12.7 Å². The van der Waals surface area contributed by atoms with Crippen LogP contribution >= 0.6 is 0 Å². The zero-order chi connectivity index (χ0) is 9.56. The van der Waals surface area contributed by atoms with Crippen LogP contribution in [0.1, 0.15) is 19.8 Å². The average molecular weight is 167 g/mol. The summed E-state index contributed by atoms with van der Waals surface area (Å²) in [5.41, 5.74) is 5.47. The van der Waals surface area contributed by atoms with Crippen LogP contribution in [0.5, 0.6) is 0 Å². The molecule has 0 radical (unpaired) electrons. The quantitative estimate of drug-likeness (QED) is 0.620. The highest BCUT2D eigenvalue weighted by atomic mass is 16.1. The minimum atomic E-state index is -0.443. The average Bonchev–Trinajstić information content (AvgIpc) is 2.03. The van der Waals surface area contributed by atoms with Crippen LogP contribution in [0, 0.1) is 0 Å². The molecule has 0 saturated carbocycles. The van der Waals surface area contributed by atoms with Gasteiger partial charge in [-0.15, -0.1) is 0 Å². The predicted octanol–water partition coefficient (Wildman–Crippen LogP) is 0.953. The second-order valence-corrected chi connectivity index (χ2v) is 2.46. The zero-order valence-electron chi connectivity index (χ0n) is 7.17. The van der Waals surface area contributed by atoms with Gasteiger partial charge in [0.05, 0.1) is 0 Å². The lowest BCUT2D eigenvalue weighted by Gasteiger charge is -1.93. The summed E-state index contributed by atoms with van der Waals surface area (Å²) < 4.78 is 0. The Bertz CT molecular complexity index is 229. The lowest BCUT2D eigenvalue weighted by Crippen LogP contribution is -2.11. The van der Waals surface area contributed by atoms with Crippen molar-refractivity contribution in [2.75, 3.05) is 0 Å². The first kappa shape index (κ1) is 10.6. The highest BCUT2D eigenvalue weighted by Crippen LogP contribution is 1.98. The number of primary amides is 1. The molecule has 0 unspecified atom stereocenters. The summed E-state index contributed by atoms with van der Waals surface area (Å²) >= 11 is 0. The molecule has 0 aliphatic heterocycles. The molecule has 3 heteroatoms. The van der Waals surface area contributed by atoms with Crippen LogP contribution in [0.15, 0.2) is 24.3 Å². The molecule has 2 N–H and O–H groups in total. The summed E-state index contributed by atoms with van der Waals surface area (Å²) in [6, 6.07) is 0. The molecule has 0 bridgehead atoms. The summed E-state index contributed by atoms with van der Waals surface area (Å²) in [6.07, 6.45) is 3.85. The van der Waals surface area contributed by atoms with Gasteiger partial charge in [-0.05, 0) is 19.4 Å². The van der Waals surface area contributed by atoms with E-state index < -0.39 is 5.91 Å². The molecule has 12 heavy (non-hydrogen) atoms. The highest BCUT2D eigenvalue weighted by Gasteiger charge is 1.97. The van der Waals surface area contributed by atoms with Gasteiger partial charge in [-0.2, -0.15) is 0 Å². The lowest BCUT2D eigenvalue weighted by atomic mass is 10.1. The third kappa shape index (κ3) is 4.44. The van der Waals surface area contributed by atoms with Crippen LogP contribution in [0.2, 0.25) is 0 Å². The van der Waals surface area contributed by atoms with E-state index in [9.17, 15) is 9.59 Å². The lowest BCUT2D eigenvalue weighted by molar-refractivity contribution is -0.115. The number of carbonyl (C=O) groups excluding carboxylic acids is 2. The van der Waals surface area contributed by atoms with E-state index in [-0.39, 0.29) is 5.78 Å². The molecule has 0 rings (SSSR count). The first-order valence-corrected chi connectivity index (χ1v) is 3.69. The minimum absolute atomic E-state index is 0.0245. The van der Waals surface area contributed by atoms with E-state index in [1.165, 1.54) is 6.08 Å². The van der Waals surface area contributed by atoms with Gasteiger partial charge in [-0.25, -0.2) is 0 Å². The maximum absolute atomic E-state index is 10.7. The van der Waals surface area contributed by atoms with Crippen molar-refractivity contribution in [1.82, 2.24) is 0 Å². The third-order valence-corrected chi connectivity index (χ3v) is 1.46. The Morgan fingerprint density at radius 2 is 2.08 bits per heavy atom. The second-order valence-electron chi connectivity index (χ2n) is 2.46. The number of hydrogen-bond donors (Lipinski definition) is 1. The fourth-order valence-electron chi connectivity index (χ4n) is 0.634. The van der Waals surface area contributed by atoms with Crippen LogP contribution in [0.3, 0.4) is 0 Å².